The maximum Gasteiger partial charge on any atom is 0.328 e. The molecule has 98 valence electrons. The number of carboxylic acids is 2. The summed E-state index contributed by atoms with van der Waals surface area (Å²) in [7, 11) is 0. The number of carbonyl (C=O) groups is 2. The fourth-order valence-corrected chi connectivity index (χ4v) is 1.65. The molecule has 0 fully saturated rings. The number of unbranched alkanes of at least 4 members (excludes halogenated alkanes) is 5. The fourth-order valence-electron chi connectivity index (χ4n) is 1.65. The van der Waals surface area contributed by atoms with Crippen LogP contribution in [-0.2, 0) is 9.59 Å². The van der Waals surface area contributed by atoms with E-state index in [0.29, 0.717) is 6.42 Å². The topological polar surface area (TPSA) is 74.6 Å². The van der Waals surface area contributed by atoms with Gasteiger partial charge in [0.05, 0.1) is 5.92 Å². The van der Waals surface area contributed by atoms with Crippen LogP contribution in [0.4, 0.5) is 0 Å². The predicted octanol–water partition coefficient (Wildman–Crippen LogP) is 3.08. The SMILES string of the molecule is CCCCCCCCC(/C=C/C(=O)O)C(=O)O. The summed E-state index contributed by atoms with van der Waals surface area (Å²) in [6.45, 7) is 2.15. The molecular formula is C13H22O4. The monoisotopic (exact) mass is 242 g/mol. The van der Waals surface area contributed by atoms with Gasteiger partial charge in [-0.3, -0.25) is 4.79 Å². The van der Waals surface area contributed by atoms with Crippen LogP contribution in [0, 0.1) is 5.92 Å². The first kappa shape index (κ1) is 15.7. The van der Waals surface area contributed by atoms with Gasteiger partial charge < -0.3 is 10.2 Å². The molecule has 0 aliphatic heterocycles. The van der Waals surface area contributed by atoms with Crippen LogP contribution in [0.1, 0.15) is 51.9 Å². The quantitative estimate of drug-likeness (QED) is 0.456. The van der Waals surface area contributed by atoms with Gasteiger partial charge in [0, 0.05) is 6.08 Å². The van der Waals surface area contributed by atoms with E-state index in [1.54, 1.807) is 0 Å². The maximum absolute atomic E-state index is 10.8. The van der Waals surface area contributed by atoms with Crippen LogP contribution in [0.15, 0.2) is 12.2 Å². The molecule has 1 unspecified atom stereocenters. The van der Waals surface area contributed by atoms with Crippen molar-refractivity contribution < 1.29 is 19.8 Å². The molecule has 0 aromatic rings. The molecule has 0 radical (unpaired) electrons. The van der Waals surface area contributed by atoms with Gasteiger partial charge >= 0.3 is 11.9 Å². The second-order valence-electron chi connectivity index (χ2n) is 4.20. The van der Waals surface area contributed by atoms with Crippen molar-refractivity contribution >= 4 is 11.9 Å². The van der Waals surface area contributed by atoms with Crippen LogP contribution < -0.4 is 0 Å². The van der Waals surface area contributed by atoms with Crippen molar-refractivity contribution in [2.75, 3.05) is 0 Å². The zero-order valence-electron chi connectivity index (χ0n) is 10.4. The third-order valence-electron chi connectivity index (χ3n) is 2.66. The molecule has 0 heterocycles. The van der Waals surface area contributed by atoms with Crippen molar-refractivity contribution in [3.63, 3.8) is 0 Å². The molecule has 0 aromatic heterocycles. The van der Waals surface area contributed by atoms with Gasteiger partial charge in [0.2, 0.25) is 0 Å². The molecule has 2 N–H and O–H groups in total. The van der Waals surface area contributed by atoms with Crippen LogP contribution in [0.25, 0.3) is 0 Å². The van der Waals surface area contributed by atoms with E-state index in [-0.39, 0.29) is 0 Å². The molecule has 0 saturated carbocycles. The van der Waals surface area contributed by atoms with E-state index in [1.807, 2.05) is 0 Å². The fraction of sp³-hybridized carbons (Fsp3) is 0.692. The van der Waals surface area contributed by atoms with E-state index < -0.39 is 17.9 Å². The van der Waals surface area contributed by atoms with Crippen LogP contribution in [-0.4, -0.2) is 22.2 Å². The van der Waals surface area contributed by atoms with E-state index >= 15 is 0 Å². The molecule has 0 aromatic carbocycles. The molecule has 0 saturated heterocycles. The molecule has 0 aliphatic rings. The standard InChI is InChI=1S/C13H22O4/c1-2-3-4-5-6-7-8-11(13(16)17)9-10-12(14)15/h9-11H,2-8H2,1H3,(H,14,15)(H,16,17)/b10-9+. The third kappa shape index (κ3) is 9.60. The Labute approximate surface area is 102 Å². The number of aliphatic carboxylic acids is 2. The minimum Gasteiger partial charge on any atom is -0.481 e. The van der Waals surface area contributed by atoms with Crippen molar-refractivity contribution in [1.82, 2.24) is 0 Å². The molecule has 0 bridgehead atoms. The molecule has 0 rings (SSSR count). The van der Waals surface area contributed by atoms with Crippen molar-refractivity contribution in [1.29, 1.82) is 0 Å². The summed E-state index contributed by atoms with van der Waals surface area (Å²) >= 11 is 0. The summed E-state index contributed by atoms with van der Waals surface area (Å²) in [5, 5.41) is 17.3. The Morgan fingerprint density at radius 2 is 1.65 bits per heavy atom. The van der Waals surface area contributed by atoms with E-state index in [9.17, 15) is 9.59 Å². The second-order valence-corrected chi connectivity index (χ2v) is 4.20. The minimum atomic E-state index is -1.10. The predicted molar refractivity (Wildman–Crippen MR) is 65.9 cm³/mol. The highest BCUT2D eigenvalue weighted by Crippen LogP contribution is 2.13. The van der Waals surface area contributed by atoms with Gasteiger partial charge in [0.1, 0.15) is 0 Å². The molecular weight excluding hydrogens is 220 g/mol. The Balaban J connectivity index is 3.79. The number of hydrogen-bond acceptors (Lipinski definition) is 2. The Morgan fingerprint density at radius 3 is 2.18 bits per heavy atom. The highest BCUT2D eigenvalue weighted by atomic mass is 16.4. The summed E-state index contributed by atoms with van der Waals surface area (Å²) in [5.74, 6) is -2.72. The Morgan fingerprint density at radius 1 is 1.06 bits per heavy atom. The highest BCUT2D eigenvalue weighted by molar-refractivity contribution is 5.81. The van der Waals surface area contributed by atoms with Crippen molar-refractivity contribution in [2.45, 2.75) is 51.9 Å². The lowest BCUT2D eigenvalue weighted by Crippen LogP contribution is -2.11. The van der Waals surface area contributed by atoms with E-state index in [0.717, 1.165) is 25.3 Å². The zero-order valence-corrected chi connectivity index (χ0v) is 10.4. The molecule has 0 aliphatic carbocycles. The van der Waals surface area contributed by atoms with Crippen molar-refractivity contribution in [3.05, 3.63) is 12.2 Å². The van der Waals surface area contributed by atoms with Gasteiger partial charge in [-0.25, -0.2) is 4.79 Å². The van der Waals surface area contributed by atoms with Gasteiger partial charge in [0.15, 0.2) is 0 Å². The molecule has 17 heavy (non-hydrogen) atoms. The Kier molecular flexibility index (Phi) is 9.11. The summed E-state index contributed by atoms with van der Waals surface area (Å²) in [5.41, 5.74) is 0. The first-order valence-corrected chi connectivity index (χ1v) is 6.21. The smallest absolute Gasteiger partial charge is 0.328 e. The van der Waals surface area contributed by atoms with Crippen LogP contribution in [0.5, 0.6) is 0 Å². The lowest BCUT2D eigenvalue weighted by molar-refractivity contribution is -0.140. The average molecular weight is 242 g/mol. The van der Waals surface area contributed by atoms with Crippen LogP contribution in [0.3, 0.4) is 0 Å². The van der Waals surface area contributed by atoms with E-state index in [2.05, 4.69) is 6.92 Å². The molecule has 4 nitrogen and oxygen atoms in total. The minimum absolute atomic E-state index is 0.519. The zero-order chi connectivity index (χ0) is 13.1. The van der Waals surface area contributed by atoms with Crippen LogP contribution in [0.2, 0.25) is 0 Å². The third-order valence-corrected chi connectivity index (χ3v) is 2.66. The lowest BCUT2D eigenvalue weighted by Gasteiger charge is -2.06. The van der Waals surface area contributed by atoms with Crippen LogP contribution >= 0.6 is 0 Å². The molecule has 4 heteroatoms. The number of hydrogen-bond donors (Lipinski definition) is 2. The molecule has 1 atom stereocenters. The summed E-state index contributed by atoms with van der Waals surface area (Å²) in [6.07, 6.45) is 9.29. The summed E-state index contributed by atoms with van der Waals surface area (Å²) in [6, 6.07) is 0. The number of rotatable bonds is 10. The summed E-state index contributed by atoms with van der Waals surface area (Å²) < 4.78 is 0. The maximum atomic E-state index is 10.8. The average Bonchev–Trinajstić information content (AvgIpc) is 2.26. The van der Waals surface area contributed by atoms with E-state index in [1.165, 1.54) is 25.3 Å². The summed E-state index contributed by atoms with van der Waals surface area (Å²) in [4.78, 5) is 21.1. The normalized spacial score (nSPS) is 12.8. The molecule has 0 amide bonds. The van der Waals surface area contributed by atoms with E-state index in [4.69, 9.17) is 10.2 Å². The van der Waals surface area contributed by atoms with Crippen molar-refractivity contribution in [2.24, 2.45) is 5.92 Å². The lowest BCUT2D eigenvalue weighted by atomic mass is 10.00. The van der Waals surface area contributed by atoms with Gasteiger partial charge in [-0.15, -0.1) is 0 Å². The first-order chi connectivity index (χ1) is 8.07. The van der Waals surface area contributed by atoms with Gasteiger partial charge in [0.25, 0.3) is 0 Å². The Hall–Kier alpha value is -1.32. The first-order valence-electron chi connectivity index (χ1n) is 6.21. The number of carboxylic acid groups (broad SMARTS) is 2. The van der Waals surface area contributed by atoms with Gasteiger partial charge in [-0.2, -0.15) is 0 Å². The largest absolute Gasteiger partial charge is 0.481 e. The molecule has 0 spiro atoms. The highest BCUT2D eigenvalue weighted by Gasteiger charge is 2.13. The van der Waals surface area contributed by atoms with Gasteiger partial charge in [-0.05, 0) is 6.42 Å². The van der Waals surface area contributed by atoms with Crippen molar-refractivity contribution in [3.8, 4) is 0 Å². The Bertz CT molecular complexity index is 258. The van der Waals surface area contributed by atoms with Gasteiger partial charge in [-0.1, -0.05) is 51.5 Å². The second kappa shape index (κ2) is 9.87.